The highest BCUT2D eigenvalue weighted by Crippen LogP contribution is 2.32. The summed E-state index contributed by atoms with van der Waals surface area (Å²) in [5.74, 6) is 0.942. The van der Waals surface area contributed by atoms with Gasteiger partial charge in [0.15, 0.2) is 11.6 Å². The first-order valence-corrected chi connectivity index (χ1v) is 10.7. The van der Waals surface area contributed by atoms with Crippen LogP contribution >= 0.6 is 0 Å². The Bertz CT molecular complexity index is 1130. The van der Waals surface area contributed by atoms with Gasteiger partial charge in [0.05, 0.1) is 17.0 Å². The Kier molecular flexibility index (Phi) is 5.02. The molecule has 0 bridgehead atoms. The second-order valence-electron chi connectivity index (χ2n) is 8.29. The van der Waals surface area contributed by atoms with Gasteiger partial charge in [-0.2, -0.15) is 0 Å². The molecule has 158 valence electrons. The first-order valence-electron chi connectivity index (χ1n) is 10.7. The van der Waals surface area contributed by atoms with Gasteiger partial charge in [-0.1, -0.05) is 42.5 Å². The van der Waals surface area contributed by atoms with Gasteiger partial charge in [-0.15, -0.1) is 0 Å². The van der Waals surface area contributed by atoms with Crippen LogP contribution in [0.25, 0.3) is 11.0 Å². The minimum atomic E-state index is -0.360. The molecule has 1 saturated heterocycles. The average Bonchev–Trinajstić information content (AvgIpc) is 3.07. The van der Waals surface area contributed by atoms with Crippen molar-refractivity contribution in [1.82, 2.24) is 14.9 Å². The molecule has 2 amide bonds. The van der Waals surface area contributed by atoms with Crippen molar-refractivity contribution in [3.63, 3.8) is 0 Å². The molecule has 0 aliphatic carbocycles. The molecule has 0 N–H and O–H groups in total. The predicted octanol–water partition coefficient (Wildman–Crippen LogP) is 2.85. The predicted molar refractivity (Wildman–Crippen MR) is 120 cm³/mol. The highest BCUT2D eigenvalue weighted by molar-refractivity contribution is 6.01. The summed E-state index contributed by atoms with van der Waals surface area (Å²) in [5, 5.41) is 0. The van der Waals surface area contributed by atoms with Crippen LogP contribution in [0.4, 0.5) is 11.6 Å². The van der Waals surface area contributed by atoms with Crippen molar-refractivity contribution in [2.45, 2.75) is 19.4 Å². The molecule has 1 aromatic heterocycles. The second-order valence-corrected chi connectivity index (χ2v) is 8.29. The third-order valence-corrected chi connectivity index (χ3v) is 6.07. The normalized spacial score (nSPS) is 18.9. The molecule has 1 fully saturated rings. The van der Waals surface area contributed by atoms with Gasteiger partial charge in [0.2, 0.25) is 11.8 Å². The highest BCUT2D eigenvalue weighted by atomic mass is 16.2. The Morgan fingerprint density at radius 3 is 2.39 bits per heavy atom. The fourth-order valence-corrected chi connectivity index (χ4v) is 4.43. The van der Waals surface area contributed by atoms with E-state index in [4.69, 9.17) is 9.97 Å². The minimum Gasteiger partial charge on any atom is -0.357 e. The zero-order valence-corrected chi connectivity index (χ0v) is 17.6. The smallest absolute Gasteiger partial charge is 0.233 e. The molecule has 31 heavy (non-hydrogen) atoms. The van der Waals surface area contributed by atoms with Gasteiger partial charge in [-0.05, 0) is 24.1 Å². The highest BCUT2D eigenvalue weighted by Gasteiger charge is 2.38. The second kappa shape index (κ2) is 7.98. The van der Waals surface area contributed by atoms with E-state index in [0.717, 1.165) is 35.4 Å². The van der Waals surface area contributed by atoms with Gasteiger partial charge >= 0.3 is 0 Å². The number of likely N-dealkylation sites (tertiary alicyclic amines) is 1. The van der Waals surface area contributed by atoms with Crippen molar-refractivity contribution in [1.29, 1.82) is 0 Å². The van der Waals surface area contributed by atoms with Crippen LogP contribution < -0.4 is 9.80 Å². The van der Waals surface area contributed by atoms with Crippen LogP contribution in [0, 0.1) is 5.92 Å². The first kappa shape index (κ1) is 19.5. The quantitative estimate of drug-likeness (QED) is 0.658. The molecule has 0 radical (unpaired) electrons. The number of hydrogen-bond acceptors (Lipinski definition) is 5. The van der Waals surface area contributed by atoms with Crippen LogP contribution in [0.15, 0.2) is 54.6 Å². The Balaban J connectivity index is 1.42. The molecule has 0 saturated carbocycles. The van der Waals surface area contributed by atoms with Crippen LogP contribution in [-0.4, -0.2) is 53.4 Å². The van der Waals surface area contributed by atoms with Crippen molar-refractivity contribution in [3.05, 3.63) is 60.2 Å². The molecule has 2 aromatic carbocycles. The largest absolute Gasteiger partial charge is 0.357 e. The Labute approximate surface area is 181 Å². The van der Waals surface area contributed by atoms with Crippen LogP contribution in [0.2, 0.25) is 0 Å². The molecule has 1 atom stereocenters. The Morgan fingerprint density at radius 2 is 1.65 bits per heavy atom. The van der Waals surface area contributed by atoms with Crippen LogP contribution in [0.3, 0.4) is 0 Å². The van der Waals surface area contributed by atoms with E-state index in [1.54, 1.807) is 9.80 Å². The number of aromatic nitrogens is 2. The molecule has 7 heteroatoms. The van der Waals surface area contributed by atoms with E-state index in [1.165, 1.54) is 0 Å². The maximum atomic E-state index is 13.6. The summed E-state index contributed by atoms with van der Waals surface area (Å²) in [6.45, 7) is 2.35. The summed E-state index contributed by atoms with van der Waals surface area (Å²) in [6, 6.07) is 17.6. The van der Waals surface area contributed by atoms with E-state index < -0.39 is 0 Å². The third kappa shape index (κ3) is 3.71. The van der Waals surface area contributed by atoms with Gasteiger partial charge in [0.25, 0.3) is 0 Å². The summed E-state index contributed by atoms with van der Waals surface area (Å²) in [5.41, 5.74) is 2.65. The lowest BCUT2D eigenvalue weighted by atomic mass is 10.1. The number of para-hydroxylation sites is 2. The van der Waals surface area contributed by atoms with E-state index in [2.05, 4.69) is 4.90 Å². The average molecular weight is 415 g/mol. The molecular weight excluding hydrogens is 390 g/mol. The van der Waals surface area contributed by atoms with Gasteiger partial charge < -0.3 is 9.80 Å². The third-order valence-electron chi connectivity index (χ3n) is 6.07. The van der Waals surface area contributed by atoms with Crippen molar-refractivity contribution >= 4 is 34.5 Å². The summed E-state index contributed by atoms with van der Waals surface area (Å²) >= 11 is 0. The molecule has 5 rings (SSSR count). The van der Waals surface area contributed by atoms with E-state index >= 15 is 0 Å². The van der Waals surface area contributed by atoms with Crippen LogP contribution in [0.5, 0.6) is 0 Å². The van der Waals surface area contributed by atoms with E-state index in [-0.39, 0.29) is 24.2 Å². The molecule has 2 aliphatic heterocycles. The van der Waals surface area contributed by atoms with Gasteiger partial charge in [-0.3, -0.25) is 14.5 Å². The SMILES string of the molecule is CN1CCCN(C(=O)[C@H]2CC(=O)N(Cc3ccccc3)C2)c2nc3ccccc3nc21. The maximum absolute atomic E-state index is 13.6. The number of nitrogens with zero attached hydrogens (tertiary/aromatic N) is 5. The number of hydrogen-bond donors (Lipinski definition) is 0. The number of amides is 2. The number of carbonyl (C=O) groups is 2. The van der Waals surface area contributed by atoms with Crippen molar-refractivity contribution in [2.75, 3.05) is 36.5 Å². The van der Waals surface area contributed by atoms with E-state index in [1.807, 2.05) is 61.6 Å². The standard InChI is InChI=1S/C24H25N5O2/c1-27-12-7-13-29(23-22(27)25-19-10-5-6-11-20(19)26-23)24(31)18-14-21(30)28(16-18)15-17-8-3-2-4-9-17/h2-6,8-11,18H,7,12-16H2,1H3/t18-/m0/s1. The Morgan fingerprint density at radius 1 is 0.968 bits per heavy atom. The fourth-order valence-electron chi connectivity index (χ4n) is 4.43. The molecule has 3 aromatic rings. The minimum absolute atomic E-state index is 0.0268. The number of carbonyl (C=O) groups excluding carboxylic acids is 2. The topological polar surface area (TPSA) is 69.6 Å². The van der Waals surface area contributed by atoms with E-state index in [9.17, 15) is 9.59 Å². The summed E-state index contributed by atoms with van der Waals surface area (Å²) in [7, 11) is 1.98. The zero-order valence-electron chi connectivity index (χ0n) is 17.6. The van der Waals surface area contributed by atoms with Gasteiger partial charge in [0, 0.05) is 39.6 Å². The fraction of sp³-hybridized carbons (Fsp3) is 0.333. The van der Waals surface area contributed by atoms with Crippen molar-refractivity contribution in [3.8, 4) is 0 Å². The lowest BCUT2D eigenvalue weighted by Crippen LogP contribution is -2.38. The number of anilines is 2. The lowest BCUT2D eigenvalue weighted by Gasteiger charge is -2.25. The van der Waals surface area contributed by atoms with Crippen molar-refractivity contribution < 1.29 is 9.59 Å². The van der Waals surface area contributed by atoms with Gasteiger partial charge in [0.1, 0.15) is 0 Å². The van der Waals surface area contributed by atoms with Crippen molar-refractivity contribution in [2.24, 2.45) is 5.92 Å². The summed E-state index contributed by atoms with van der Waals surface area (Å²) in [4.78, 5) is 41.4. The lowest BCUT2D eigenvalue weighted by molar-refractivity contribution is -0.128. The van der Waals surface area contributed by atoms with Crippen LogP contribution in [-0.2, 0) is 16.1 Å². The molecule has 7 nitrogen and oxygen atoms in total. The molecular formula is C24H25N5O2. The maximum Gasteiger partial charge on any atom is 0.233 e. The number of fused-ring (bicyclic) bond motifs is 2. The first-order chi connectivity index (χ1) is 15.1. The molecule has 0 spiro atoms. The molecule has 2 aliphatic rings. The van der Waals surface area contributed by atoms with Gasteiger partial charge in [-0.25, -0.2) is 9.97 Å². The monoisotopic (exact) mass is 415 g/mol. The molecule has 3 heterocycles. The van der Waals surface area contributed by atoms with E-state index in [0.29, 0.717) is 25.5 Å². The summed E-state index contributed by atoms with van der Waals surface area (Å²) in [6.07, 6.45) is 1.07. The zero-order chi connectivity index (χ0) is 21.4. The number of rotatable bonds is 3. The number of benzene rings is 2. The molecule has 0 unspecified atom stereocenters. The summed E-state index contributed by atoms with van der Waals surface area (Å²) < 4.78 is 0. The van der Waals surface area contributed by atoms with Crippen LogP contribution in [0.1, 0.15) is 18.4 Å². The Hall–Kier alpha value is -3.48.